The summed E-state index contributed by atoms with van der Waals surface area (Å²) in [5.74, 6) is 0.501. The minimum atomic E-state index is -0.182. The summed E-state index contributed by atoms with van der Waals surface area (Å²) >= 11 is 0. The van der Waals surface area contributed by atoms with Gasteiger partial charge in [-0.15, -0.1) is 0 Å². The number of nitrogens with zero attached hydrogens (tertiary/aromatic N) is 1. The van der Waals surface area contributed by atoms with Crippen molar-refractivity contribution in [1.82, 2.24) is 9.97 Å². The first kappa shape index (κ1) is 16.6. The number of H-pyrrole nitrogens is 1. The second-order valence-electron chi connectivity index (χ2n) is 6.01. The number of aryl methyl sites for hydroxylation is 2. The molecule has 0 bridgehead atoms. The molecule has 0 fully saturated rings. The van der Waals surface area contributed by atoms with Gasteiger partial charge in [-0.25, -0.2) is 4.98 Å². The van der Waals surface area contributed by atoms with Crippen molar-refractivity contribution in [3.8, 4) is 11.3 Å². The fourth-order valence-electron chi connectivity index (χ4n) is 2.66. The molecule has 3 rings (SSSR count). The third-order valence-corrected chi connectivity index (χ3v) is 3.77. The van der Waals surface area contributed by atoms with E-state index in [1.54, 1.807) is 6.92 Å². The van der Waals surface area contributed by atoms with Gasteiger partial charge in [0.1, 0.15) is 5.82 Å². The fourth-order valence-corrected chi connectivity index (χ4v) is 2.66. The Labute approximate surface area is 145 Å². The lowest BCUT2D eigenvalue weighted by Gasteiger charge is -2.07. The predicted octanol–water partition coefficient (Wildman–Crippen LogP) is 3.23. The molecule has 0 atom stereocenters. The van der Waals surface area contributed by atoms with Gasteiger partial charge in [0, 0.05) is 17.3 Å². The quantitative estimate of drug-likeness (QED) is 0.770. The van der Waals surface area contributed by atoms with Crippen molar-refractivity contribution in [2.45, 2.75) is 20.3 Å². The van der Waals surface area contributed by atoms with E-state index in [2.05, 4.69) is 15.3 Å². The molecule has 0 radical (unpaired) electrons. The molecule has 2 N–H and O–H groups in total. The van der Waals surface area contributed by atoms with E-state index >= 15 is 0 Å². The van der Waals surface area contributed by atoms with E-state index in [9.17, 15) is 9.59 Å². The number of hydrogen-bond donors (Lipinski definition) is 2. The molecule has 126 valence electrons. The normalized spacial score (nSPS) is 10.5. The second kappa shape index (κ2) is 7.13. The highest BCUT2D eigenvalue weighted by molar-refractivity contribution is 5.92. The van der Waals surface area contributed by atoms with E-state index in [-0.39, 0.29) is 11.5 Å². The summed E-state index contributed by atoms with van der Waals surface area (Å²) in [7, 11) is 0. The van der Waals surface area contributed by atoms with Crippen LogP contribution in [0.15, 0.2) is 59.4 Å². The van der Waals surface area contributed by atoms with Gasteiger partial charge in [-0.3, -0.25) is 9.59 Å². The van der Waals surface area contributed by atoms with Crippen molar-refractivity contribution < 1.29 is 4.79 Å². The molecular weight excluding hydrogens is 314 g/mol. The second-order valence-corrected chi connectivity index (χ2v) is 6.01. The summed E-state index contributed by atoms with van der Waals surface area (Å²) in [5, 5.41) is 2.88. The van der Waals surface area contributed by atoms with Gasteiger partial charge in [-0.1, -0.05) is 42.0 Å². The Morgan fingerprint density at radius 2 is 1.84 bits per heavy atom. The number of aromatic amines is 1. The lowest BCUT2D eigenvalue weighted by atomic mass is 10.1. The first-order valence-corrected chi connectivity index (χ1v) is 8.03. The van der Waals surface area contributed by atoms with E-state index in [1.807, 2.05) is 55.5 Å². The Bertz CT molecular complexity index is 959. The van der Waals surface area contributed by atoms with E-state index in [1.165, 1.54) is 6.07 Å². The Morgan fingerprint density at radius 3 is 2.52 bits per heavy atom. The van der Waals surface area contributed by atoms with Gasteiger partial charge in [0.15, 0.2) is 0 Å². The number of rotatable bonds is 4. The number of carbonyl (C=O) groups excluding carboxylic acids is 1. The summed E-state index contributed by atoms with van der Waals surface area (Å²) in [6, 6.07) is 16.6. The van der Waals surface area contributed by atoms with Crippen LogP contribution in [0.1, 0.15) is 17.0 Å². The van der Waals surface area contributed by atoms with Crippen molar-refractivity contribution in [3.63, 3.8) is 0 Å². The molecule has 0 spiro atoms. The molecule has 2 aromatic carbocycles. The minimum Gasteiger partial charge on any atom is -0.326 e. The molecule has 0 saturated heterocycles. The largest absolute Gasteiger partial charge is 0.326 e. The maximum absolute atomic E-state index is 12.2. The van der Waals surface area contributed by atoms with Gasteiger partial charge in [-0.05, 0) is 31.5 Å². The molecule has 1 aromatic heterocycles. The average molecular weight is 333 g/mol. The maximum Gasteiger partial charge on any atom is 0.251 e. The Morgan fingerprint density at radius 1 is 1.08 bits per heavy atom. The van der Waals surface area contributed by atoms with E-state index in [0.717, 1.165) is 16.7 Å². The first-order chi connectivity index (χ1) is 12.0. The number of anilines is 1. The minimum absolute atomic E-state index is 0.0662. The van der Waals surface area contributed by atoms with E-state index < -0.39 is 0 Å². The number of nitrogens with one attached hydrogen (secondary N) is 2. The van der Waals surface area contributed by atoms with Crippen LogP contribution in [0.25, 0.3) is 11.3 Å². The van der Waals surface area contributed by atoms with Crippen molar-refractivity contribution in [3.05, 3.63) is 81.9 Å². The lowest BCUT2D eigenvalue weighted by molar-refractivity contribution is -0.115. The summed E-state index contributed by atoms with van der Waals surface area (Å²) in [6.45, 7) is 3.75. The van der Waals surface area contributed by atoms with Crippen molar-refractivity contribution in [2.24, 2.45) is 0 Å². The standard InChI is InChI=1S/C20H19N3O2/c1-13-4-3-5-15(10-13)11-19(24)23-17-8-6-16(7-9-17)18-12-20(25)22-14(2)21-18/h3-10,12H,11H2,1-2H3,(H,23,24)(H,21,22,25). The highest BCUT2D eigenvalue weighted by atomic mass is 16.1. The van der Waals surface area contributed by atoms with Gasteiger partial charge in [0.25, 0.3) is 5.56 Å². The number of aromatic nitrogens is 2. The topological polar surface area (TPSA) is 74.8 Å². The summed E-state index contributed by atoms with van der Waals surface area (Å²) in [5.41, 5.74) is 4.08. The smallest absolute Gasteiger partial charge is 0.251 e. The molecule has 0 aliphatic carbocycles. The number of carbonyl (C=O) groups is 1. The molecule has 3 aromatic rings. The van der Waals surface area contributed by atoms with Crippen LogP contribution in [0.2, 0.25) is 0 Å². The molecule has 1 heterocycles. The fraction of sp³-hybridized carbons (Fsp3) is 0.150. The Balaban J connectivity index is 1.70. The molecule has 0 aliphatic rings. The molecule has 1 amide bonds. The van der Waals surface area contributed by atoms with Crippen molar-refractivity contribution in [2.75, 3.05) is 5.32 Å². The predicted molar refractivity (Wildman–Crippen MR) is 98.5 cm³/mol. The van der Waals surface area contributed by atoms with Gasteiger partial charge >= 0.3 is 0 Å². The first-order valence-electron chi connectivity index (χ1n) is 8.03. The molecule has 0 saturated carbocycles. The third kappa shape index (κ3) is 4.41. The van der Waals surface area contributed by atoms with Crippen molar-refractivity contribution in [1.29, 1.82) is 0 Å². The molecule has 25 heavy (non-hydrogen) atoms. The highest BCUT2D eigenvalue weighted by Gasteiger charge is 2.06. The van der Waals surface area contributed by atoms with Crippen molar-refractivity contribution >= 4 is 11.6 Å². The third-order valence-electron chi connectivity index (χ3n) is 3.77. The molecule has 0 aliphatic heterocycles. The maximum atomic E-state index is 12.2. The monoisotopic (exact) mass is 333 g/mol. The molecule has 5 heteroatoms. The van der Waals surface area contributed by atoms with Crippen LogP contribution in [0.4, 0.5) is 5.69 Å². The van der Waals surface area contributed by atoms with Gasteiger partial charge in [0.05, 0.1) is 12.1 Å². The van der Waals surface area contributed by atoms with Gasteiger partial charge in [-0.2, -0.15) is 0 Å². The van der Waals surface area contributed by atoms with Crippen LogP contribution in [0.5, 0.6) is 0 Å². The van der Waals surface area contributed by atoms with Crippen LogP contribution in [-0.2, 0) is 11.2 Å². The van der Waals surface area contributed by atoms with Gasteiger partial charge in [0.2, 0.25) is 5.91 Å². The summed E-state index contributed by atoms with van der Waals surface area (Å²) in [4.78, 5) is 30.6. The number of hydrogen-bond acceptors (Lipinski definition) is 3. The van der Waals surface area contributed by atoms with Crippen LogP contribution in [0, 0.1) is 13.8 Å². The zero-order chi connectivity index (χ0) is 17.8. The summed E-state index contributed by atoms with van der Waals surface area (Å²) in [6.07, 6.45) is 0.332. The average Bonchev–Trinajstić information content (AvgIpc) is 2.54. The van der Waals surface area contributed by atoms with E-state index in [0.29, 0.717) is 23.6 Å². The van der Waals surface area contributed by atoms with Gasteiger partial charge < -0.3 is 10.3 Å². The van der Waals surface area contributed by atoms with Crippen LogP contribution < -0.4 is 10.9 Å². The zero-order valence-corrected chi connectivity index (χ0v) is 14.2. The van der Waals surface area contributed by atoms with Crippen LogP contribution in [0.3, 0.4) is 0 Å². The zero-order valence-electron chi connectivity index (χ0n) is 14.2. The molecule has 0 unspecified atom stereocenters. The number of benzene rings is 2. The highest BCUT2D eigenvalue weighted by Crippen LogP contribution is 2.18. The van der Waals surface area contributed by atoms with Crippen LogP contribution >= 0.6 is 0 Å². The van der Waals surface area contributed by atoms with Crippen LogP contribution in [-0.4, -0.2) is 15.9 Å². The Hall–Kier alpha value is -3.21. The summed E-state index contributed by atoms with van der Waals surface area (Å²) < 4.78 is 0. The Kier molecular flexibility index (Phi) is 4.75. The lowest BCUT2D eigenvalue weighted by Crippen LogP contribution is -2.14. The van der Waals surface area contributed by atoms with E-state index in [4.69, 9.17) is 0 Å². The molecular formula is C20H19N3O2. The molecule has 5 nitrogen and oxygen atoms in total. The number of amides is 1. The SMILES string of the molecule is Cc1cccc(CC(=O)Nc2ccc(-c3cc(=O)[nH]c(C)n3)cc2)c1.